The average molecular weight is 336 g/mol. The smallest absolute Gasteiger partial charge is 0.241 e. The Morgan fingerprint density at radius 2 is 2.12 bits per heavy atom. The molecule has 0 aliphatic carbocycles. The molecule has 1 aromatic heterocycles. The van der Waals surface area contributed by atoms with Crippen molar-refractivity contribution < 1.29 is 4.79 Å². The van der Waals surface area contributed by atoms with Crippen LogP contribution in [-0.2, 0) is 11.8 Å². The predicted molar refractivity (Wildman–Crippen MR) is 95.7 cm³/mol. The van der Waals surface area contributed by atoms with Gasteiger partial charge in [0, 0.05) is 38.4 Å². The van der Waals surface area contributed by atoms with Crippen LogP contribution < -0.4 is 10.6 Å². The van der Waals surface area contributed by atoms with Crippen molar-refractivity contribution in [1.82, 2.24) is 30.2 Å². The Hall–Kier alpha value is -1.44. The van der Waals surface area contributed by atoms with Crippen molar-refractivity contribution in [1.29, 1.82) is 0 Å². The average Bonchev–Trinajstić information content (AvgIpc) is 2.98. The first kappa shape index (κ1) is 18.9. The number of hydrogen-bond acceptors (Lipinski definition) is 5. The van der Waals surface area contributed by atoms with Crippen LogP contribution >= 0.6 is 0 Å². The maximum absolute atomic E-state index is 12.4. The number of aromatic nitrogens is 2. The molecule has 1 aliphatic rings. The first-order chi connectivity index (χ1) is 11.5. The summed E-state index contributed by atoms with van der Waals surface area (Å²) in [5, 5.41) is 10.3. The third kappa shape index (κ3) is 5.58. The molecule has 2 rings (SSSR count). The number of nitrogens with zero attached hydrogens (tertiary/aromatic N) is 4. The summed E-state index contributed by atoms with van der Waals surface area (Å²) in [6.45, 7) is 5.27. The molecule has 2 heterocycles. The quantitative estimate of drug-likeness (QED) is 0.703. The molecular formula is C17H32N6O. The van der Waals surface area contributed by atoms with Gasteiger partial charge in [-0.3, -0.25) is 9.48 Å². The number of hydrogen-bond donors (Lipinski definition) is 2. The first-order valence-corrected chi connectivity index (χ1v) is 8.80. The fourth-order valence-electron chi connectivity index (χ4n) is 3.14. The molecule has 1 fully saturated rings. The molecule has 0 radical (unpaired) electrons. The largest absolute Gasteiger partial charge is 0.354 e. The third-order valence-corrected chi connectivity index (χ3v) is 4.74. The Bertz CT molecular complexity index is 507. The van der Waals surface area contributed by atoms with Crippen molar-refractivity contribution in [2.45, 2.75) is 18.9 Å². The van der Waals surface area contributed by atoms with Crippen LogP contribution in [0, 0.1) is 5.92 Å². The van der Waals surface area contributed by atoms with E-state index in [2.05, 4.69) is 39.6 Å². The van der Waals surface area contributed by atoms with Crippen molar-refractivity contribution in [2.75, 3.05) is 53.9 Å². The molecule has 1 unspecified atom stereocenters. The van der Waals surface area contributed by atoms with E-state index in [0.29, 0.717) is 5.92 Å². The van der Waals surface area contributed by atoms with Gasteiger partial charge in [-0.05, 0) is 53.0 Å². The molecule has 1 atom stereocenters. The molecule has 1 aromatic rings. The number of piperidine rings is 1. The molecule has 0 aromatic carbocycles. The van der Waals surface area contributed by atoms with Gasteiger partial charge in [0.1, 0.15) is 6.04 Å². The monoisotopic (exact) mass is 336 g/mol. The second-order valence-electron chi connectivity index (χ2n) is 7.00. The van der Waals surface area contributed by atoms with Crippen LogP contribution in [0.3, 0.4) is 0 Å². The molecule has 1 aliphatic heterocycles. The van der Waals surface area contributed by atoms with Crippen LogP contribution in [0.25, 0.3) is 0 Å². The zero-order valence-corrected chi connectivity index (χ0v) is 15.5. The fraction of sp³-hybridized carbons (Fsp3) is 0.765. The molecule has 0 saturated carbocycles. The van der Waals surface area contributed by atoms with Gasteiger partial charge in [-0.1, -0.05) is 0 Å². The molecule has 0 spiro atoms. The van der Waals surface area contributed by atoms with Gasteiger partial charge >= 0.3 is 0 Å². The summed E-state index contributed by atoms with van der Waals surface area (Å²) in [5.41, 5.74) is 0.899. The molecule has 7 heteroatoms. The number of likely N-dealkylation sites (N-methyl/N-ethyl adjacent to an activating group) is 2. The molecule has 2 N–H and O–H groups in total. The molecule has 136 valence electrons. The Kier molecular flexibility index (Phi) is 7.20. The molecule has 24 heavy (non-hydrogen) atoms. The first-order valence-electron chi connectivity index (χ1n) is 8.80. The summed E-state index contributed by atoms with van der Waals surface area (Å²) in [7, 11) is 7.89. The maximum Gasteiger partial charge on any atom is 0.241 e. The minimum absolute atomic E-state index is 0.0283. The highest BCUT2D eigenvalue weighted by molar-refractivity contribution is 5.83. The van der Waals surface area contributed by atoms with Crippen LogP contribution in [0.1, 0.15) is 24.4 Å². The lowest BCUT2D eigenvalue weighted by atomic mass is 9.96. The van der Waals surface area contributed by atoms with E-state index < -0.39 is 0 Å². The second-order valence-corrected chi connectivity index (χ2v) is 7.00. The van der Waals surface area contributed by atoms with Crippen LogP contribution in [0.5, 0.6) is 0 Å². The lowest BCUT2D eigenvalue weighted by Crippen LogP contribution is -2.43. The predicted octanol–water partition coefficient (Wildman–Crippen LogP) is 0.0704. The van der Waals surface area contributed by atoms with Crippen LogP contribution in [-0.4, -0.2) is 79.4 Å². The van der Waals surface area contributed by atoms with Gasteiger partial charge in [0.15, 0.2) is 0 Å². The van der Waals surface area contributed by atoms with E-state index in [0.717, 1.165) is 51.1 Å². The fourth-order valence-corrected chi connectivity index (χ4v) is 3.14. The van der Waals surface area contributed by atoms with Gasteiger partial charge in [0.25, 0.3) is 0 Å². The van der Waals surface area contributed by atoms with E-state index in [9.17, 15) is 4.79 Å². The highest BCUT2D eigenvalue weighted by atomic mass is 16.2. The summed E-state index contributed by atoms with van der Waals surface area (Å²) >= 11 is 0. The Balaban J connectivity index is 1.72. The van der Waals surface area contributed by atoms with Crippen molar-refractivity contribution in [3.8, 4) is 0 Å². The van der Waals surface area contributed by atoms with Crippen molar-refractivity contribution >= 4 is 5.91 Å². The Morgan fingerprint density at radius 1 is 1.42 bits per heavy atom. The number of amides is 1. The summed E-state index contributed by atoms with van der Waals surface area (Å²) in [6.07, 6.45) is 5.93. The Labute approximate surface area is 145 Å². The van der Waals surface area contributed by atoms with E-state index in [-0.39, 0.29) is 11.9 Å². The summed E-state index contributed by atoms with van der Waals surface area (Å²) in [4.78, 5) is 17.2. The molecule has 0 bridgehead atoms. The highest BCUT2D eigenvalue weighted by Crippen LogP contribution is 2.17. The number of likely N-dealkylation sites (tertiary alicyclic amines) is 1. The lowest BCUT2D eigenvalue weighted by molar-refractivity contribution is -0.123. The van der Waals surface area contributed by atoms with Gasteiger partial charge in [-0.2, -0.15) is 5.10 Å². The van der Waals surface area contributed by atoms with Crippen LogP contribution in [0.2, 0.25) is 0 Å². The Morgan fingerprint density at radius 3 is 2.67 bits per heavy atom. The van der Waals surface area contributed by atoms with E-state index >= 15 is 0 Å². The molecule has 1 saturated heterocycles. The van der Waals surface area contributed by atoms with E-state index in [4.69, 9.17) is 0 Å². The van der Waals surface area contributed by atoms with E-state index in [1.165, 1.54) is 0 Å². The third-order valence-electron chi connectivity index (χ3n) is 4.74. The zero-order valence-electron chi connectivity index (χ0n) is 15.5. The maximum atomic E-state index is 12.4. The number of carbonyl (C=O) groups excluding carboxylic acids is 1. The minimum atomic E-state index is -0.334. The van der Waals surface area contributed by atoms with Crippen molar-refractivity contribution in [3.63, 3.8) is 0 Å². The highest BCUT2D eigenvalue weighted by Gasteiger charge is 2.23. The van der Waals surface area contributed by atoms with Gasteiger partial charge in [-0.15, -0.1) is 0 Å². The van der Waals surface area contributed by atoms with Gasteiger partial charge in [0.05, 0.1) is 6.20 Å². The number of carbonyl (C=O) groups is 1. The van der Waals surface area contributed by atoms with Crippen molar-refractivity contribution in [2.24, 2.45) is 13.0 Å². The number of rotatable bonds is 8. The molecule has 1 amide bonds. The topological polar surface area (TPSA) is 65.4 Å². The van der Waals surface area contributed by atoms with Gasteiger partial charge < -0.3 is 20.4 Å². The van der Waals surface area contributed by atoms with Gasteiger partial charge in [-0.25, -0.2) is 0 Å². The van der Waals surface area contributed by atoms with Crippen molar-refractivity contribution in [3.05, 3.63) is 18.0 Å². The molecular weight excluding hydrogens is 304 g/mol. The van der Waals surface area contributed by atoms with Crippen LogP contribution in [0.15, 0.2) is 12.4 Å². The van der Waals surface area contributed by atoms with E-state index in [1.54, 1.807) is 17.9 Å². The lowest BCUT2D eigenvalue weighted by Gasteiger charge is -2.32. The standard InChI is InChI=1S/C17H32N6O/c1-18-16(15-12-20-22(4)13-15)17(24)19-11-14-5-7-23(8-6-14)10-9-21(2)3/h12-14,16,18H,5-11H2,1-4H3,(H,19,24). The van der Waals surface area contributed by atoms with Gasteiger partial charge in [0.2, 0.25) is 5.91 Å². The normalized spacial score (nSPS) is 18.0. The molecule has 7 nitrogen and oxygen atoms in total. The van der Waals surface area contributed by atoms with Crippen LogP contribution in [0.4, 0.5) is 0 Å². The number of nitrogens with one attached hydrogen (secondary N) is 2. The number of aryl methyl sites for hydroxylation is 1. The second kappa shape index (κ2) is 9.15. The van der Waals surface area contributed by atoms with E-state index in [1.807, 2.05) is 13.2 Å². The summed E-state index contributed by atoms with van der Waals surface area (Å²) in [5.74, 6) is 0.608. The SMILES string of the molecule is CNC(C(=O)NCC1CCN(CCN(C)C)CC1)c1cnn(C)c1. The zero-order chi connectivity index (χ0) is 17.5. The summed E-state index contributed by atoms with van der Waals surface area (Å²) < 4.78 is 1.72. The minimum Gasteiger partial charge on any atom is -0.354 e. The summed E-state index contributed by atoms with van der Waals surface area (Å²) in [6, 6.07) is -0.334.